The standard InChI is InChI=1S/C20H27N3O2/c1-5-23(6-2)17-11-12-18(15(3)13-17)22-20(24)21-14-16-9-7-8-10-19(16)25-4/h7-13H,5-6,14H2,1-4H3,(H2,21,22,24). The van der Waals surface area contributed by atoms with Gasteiger partial charge in [-0.25, -0.2) is 4.79 Å². The Balaban J connectivity index is 1.98. The Morgan fingerprint density at radius 1 is 1.12 bits per heavy atom. The summed E-state index contributed by atoms with van der Waals surface area (Å²) in [5.41, 5.74) is 3.96. The van der Waals surface area contributed by atoms with E-state index in [0.29, 0.717) is 6.54 Å². The van der Waals surface area contributed by atoms with Crippen molar-refractivity contribution in [3.63, 3.8) is 0 Å². The van der Waals surface area contributed by atoms with Crippen molar-refractivity contribution < 1.29 is 9.53 Å². The molecule has 2 N–H and O–H groups in total. The number of urea groups is 1. The molecule has 25 heavy (non-hydrogen) atoms. The van der Waals surface area contributed by atoms with Gasteiger partial charge in [-0.1, -0.05) is 18.2 Å². The Morgan fingerprint density at radius 3 is 2.48 bits per heavy atom. The minimum Gasteiger partial charge on any atom is -0.496 e. The second-order valence-electron chi connectivity index (χ2n) is 5.79. The number of hydrogen-bond acceptors (Lipinski definition) is 3. The van der Waals surface area contributed by atoms with E-state index in [0.717, 1.165) is 35.7 Å². The number of rotatable bonds is 7. The van der Waals surface area contributed by atoms with Crippen molar-refractivity contribution in [3.05, 3.63) is 53.6 Å². The summed E-state index contributed by atoms with van der Waals surface area (Å²) in [6.07, 6.45) is 0. The topological polar surface area (TPSA) is 53.6 Å². The van der Waals surface area contributed by atoms with E-state index in [4.69, 9.17) is 4.74 Å². The summed E-state index contributed by atoms with van der Waals surface area (Å²) in [6.45, 7) is 8.60. The number of carbonyl (C=O) groups excluding carboxylic acids is 1. The number of amides is 2. The minimum absolute atomic E-state index is 0.232. The molecule has 0 aliphatic heterocycles. The first kappa shape index (κ1) is 18.6. The molecule has 2 amide bonds. The molecule has 0 fully saturated rings. The molecule has 2 aromatic carbocycles. The van der Waals surface area contributed by atoms with Crippen molar-refractivity contribution in [2.45, 2.75) is 27.3 Å². The van der Waals surface area contributed by atoms with Gasteiger partial charge in [0.15, 0.2) is 0 Å². The lowest BCUT2D eigenvalue weighted by Gasteiger charge is -2.22. The van der Waals surface area contributed by atoms with Gasteiger partial charge in [0, 0.05) is 36.6 Å². The first-order chi connectivity index (χ1) is 12.1. The van der Waals surface area contributed by atoms with E-state index < -0.39 is 0 Å². The van der Waals surface area contributed by atoms with Crippen LogP contribution in [0.2, 0.25) is 0 Å². The lowest BCUT2D eigenvalue weighted by molar-refractivity contribution is 0.251. The monoisotopic (exact) mass is 341 g/mol. The lowest BCUT2D eigenvalue weighted by atomic mass is 10.1. The van der Waals surface area contributed by atoms with Crippen LogP contribution in [0.5, 0.6) is 5.75 Å². The molecular formula is C20H27N3O2. The maximum absolute atomic E-state index is 12.2. The van der Waals surface area contributed by atoms with Crippen molar-refractivity contribution in [2.24, 2.45) is 0 Å². The molecule has 0 spiro atoms. The highest BCUT2D eigenvalue weighted by molar-refractivity contribution is 5.90. The maximum atomic E-state index is 12.2. The summed E-state index contributed by atoms with van der Waals surface area (Å²) in [5.74, 6) is 0.766. The largest absolute Gasteiger partial charge is 0.496 e. The third-order valence-corrected chi connectivity index (χ3v) is 4.22. The first-order valence-electron chi connectivity index (χ1n) is 8.61. The Morgan fingerprint density at radius 2 is 1.84 bits per heavy atom. The van der Waals surface area contributed by atoms with Crippen molar-refractivity contribution >= 4 is 17.4 Å². The highest BCUT2D eigenvalue weighted by atomic mass is 16.5. The molecule has 0 aromatic heterocycles. The summed E-state index contributed by atoms with van der Waals surface area (Å²) in [7, 11) is 1.62. The van der Waals surface area contributed by atoms with Crippen molar-refractivity contribution in [1.29, 1.82) is 0 Å². The predicted octanol–water partition coefficient (Wildman–Crippen LogP) is 4.17. The zero-order chi connectivity index (χ0) is 18.2. The first-order valence-corrected chi connectivity index (χ1v) is 8.61. The van der Waals surface area contributed by atoms with E-state index in [9.17, 15) is 4.79 Å². The summed E-state index contributed by atoms with van der Waals surface area (Å²) in [4.78, 5) is 14.5. The molecule has 0 saturated heterocycles. The molecular weight excluding hydrogens is 314 g/mol. The van der Waals surface area contributed by atoms with Crippen LogP contribution in [0.25, 0.3) is 0 Å². The van der Waals surface area contributed by atoms with Crippen LogP contribution in [0.4, 0.5) is 16.2 Å². The van der Waals surface area contributed by atoms with Crippen LogP contribution in [0, 0.1) is 6.92 Å². The molecule has 0 aliphatic rings. The van der Waals surface area contributed by atoms with E-state index in [-0.39, 0.29) is 6.03 Å². The van der Waals surface area contributed by atoms with Crippen LogP contribution < -0.4 is 20.3 Å². The number of nitrogens with one attached hydrogen (secondary N) is 2. The molecule has 0 aliphatic carbocycles. The van der Waals surface area contributed by atoms with Crippen LogP contribution in [0.3, 0.4) is 0 Å². The highest BCUT2D eigenvalue weighted by Gasteiger charge is 2.09. The smallest absolute Gasteiger partial charge is 0.319 e. The van der Waals surface area contributed by atoms with Gasteiger partial charge in [0.1, 0.15) is 5.75 Å². The molecule has 0 atom stereocenters. The fraction of sp³-hybridized carbons (Fsp3) is 0.350. The average Bonchev–Trinajstić information content (AvgIpc) is 2.63. The molecule has 134 valence electrons. The third kappa shape index (κ3) is 4.89. The highest BCUT2D eigenvalue weighted by Crippen LogP contribution is 2.23. The number of hydrogen-bond donors (Lipinski definition) is 2. The predicted molar refractivity (Wildman–Crippen MR) is 104 cm³/mol. The second kappa shape index (κ2) is 8.97. The van der Waals surface area contributed by atoms with Gasteiger partial charge in [-0.2, -0.15) is 0 Å². The molecule has 5 heteroatoms. The number of carbonyl (C=O) groups is 1. The van der Waals surface area contributed by atoms with E-state index in [1.54, 1.807) is 7.11 Å². The fourth-order valence-electron chi connectivity index (χ4n) is 2.76. The van der Waals surface area contributed by atoms with Gasteiger partial charge in [-0.15, -0.1) is 0 Å². The number of aryl methyl sites for hydroxylation is 1. The van der Waals surface area contributed by atoms with Crippen LogP contribution in [0.1, 0.15) is 25.0 Å². The number of ether oxygens (including phenoxy) is 1. The van der Waals surface area contributed by atoms with Crippen molar-refractivity contribution in [3.8, 4) is 5.75 Å². The Kier molecular flexibility index (Phi) is 6.69. The number of benzene rings is 2. The van der Waals surface area contributed by atoms with E-state index in [2.05, 4.69) is 35.4 Å². The number of methoxy groups -OCH3 is 1. The van der Waals surface area contributed by atoms with Gasteiger partial charge in [0.05, 0.1) is 7.11 Å². The van der Waals surface area contributed by atoms with Crippen LogP contribution in [0.15, 0.2) is 42.5 Å². The van der Waals surface area contributed by atoms with Gasteiger partial charge >= 0.3 is 6.03 Å². The van der Waals surface area contributed by atoms with E-state index >= 15 is 0 Å². The molecule has 0 unspecified atom stereocenters. The molecule has 5 nitrogen and oxygen atoms in total. The quantitative estimate of drug-likeness (QED) is 0.795. The molecule has 0 heterocycles. The molecule has 2 rings (SSSR count). The summed E-state index contributed by atoms with van der Waals surface area (Å²) in [6, 6.07) is 13.5. The Bertz CT molecular complexity index is 712. The molecule has 0 bridgehead atoms. The molecule has 0 radical (unpaired) electrons. The van der Waals surface area contributed by atoms with Crippen molar-refractivity contribution in [2.75, 3.05) is 30.4 Å². The minimum atomic E-state index is -0.232. The van der Waals surface area contributed by atoms with Crippen LogP contribution in [-0.2, 0) is 6.54 Å². The van der Waals surface area contributed by atoms with Gasteiger partial charge in [-0.3, -0.25) is 0 Å². The Labute approximate surface area is 150 Å². The number of anilines is 2. The third-order valence-electron chi connectivity index (χ3n) is 4.22. The Hall–Kier alpha value is -2.69. The number of nitrogens with zero attached hydrogens (tertiary/aromatic N) is 1. The molecule has 0 saturated carbocycles. The average molecular weight is 341 g/mol. The number of para-hydroxylation sites is 1. The second-order valence-corrected chi connectivity index (χ2v) is 5.79. The zero-order valence-electron chi connectivity index (χ0n) is 15.4. The van der Waals surface area contributed by atoms with Crippen LogP contribution in [-0.4, -0.2) is 26.2 Å². The SMILES string of the molecule is CCN(CC)c1ccc(NC(=O)NCc2ccccc2OC)c(C)c1. The van der Waals surface area contributed by atoms with E-state index in [1.807, 2.05) is 43.3 Å². The van der Waals surface area contributed by atoms with Gasteiger partial charge < -0.3 is 20.3 Å². The van der Waals surface area contributed by atoms with E-state index in [1.165, 1.54) is 5.69 Å². The normalized spacial score (nSPS) is 10.2. The van der Waals surface area contributed by atoms with Gasteiger partial charge in [0.2, 0.25) is 0 Å². The van der Waals surface area contributed by atoms with Gasteiger partial charge in [-0.05, 0) is 50.6 Å². The zero-order valence-corrected chi connectivity index (χ0v) is 15.4. The maximum Gasteiger partial charge on any atom is 0.319 e. The summed E-state index contributed by atoms with van der Waals surface area (Å²) in [5, 5.41) is 5.78. The van der Waals surface area contributed by atoms with Crippen LogP contribution >= 0.6 is 0 Å². The summed E-state index contributed by atoms with van der Waals surface area (Å²) < 4.78 is 5.30. The van der Waals surface area contributed by atoms with Crippen molar-refractivity contribution in [1.82, 2.24) is 5.32 Å². The summed E-state index contributed by atoms with van der Waals surface area (Å²) >= 11 is 0. The fourth-order valence-corrected chi connectivity index (χ4v) is 2.76. The molecule has 2 aromatic rings. The lowest BCUT2D eigenvalue weighted by Crippen LogP contribution is -2.28. The van der Waals surface area contributed by atoms with Gasteiger partial charge in [0.25, 0.3) is 0 Å².